The number of nitrogens with one attached hydrogen (secondary N) is 1. The summed E-state index contributed by atoms with van der Waals surface area (Å²) in [5.41, 5.74) is 7.57. The van der Waals surface area contributed by atoms with Crippen LogP contribution in [0.5, 0.6) is 0 Å². The summed E-state index contributed by atoms with van der Waals surface area (Å²) >= 11 is 0. The summed E-state index contributed by atoms with van der Waals surface area (Å²) < 4.78 is 14.1. The molecule has 2 aromatic carbocycles. The van der Waals surface area contributed by atoms with Crippen LogP contribution in [-0.2, 0) is 0 Å². The van der Waals surface area contributed by atoms with Gasteiger partial charge in [0, 0.05) is 23.3 Å². The second-order valence-corrected chi connectivity index (χ2v) is 5.00. The third-order valence-corrected chi connectivity index (χ3v) is 3.56. The minimum Gasteiger partial charge on any atom is -0.398 e. The zero-order valence-electron chi connectivity index (χ0n) is 11.7. The number of aromatic nitrogens is 1. The SMILES string of the molecule is CC(Nc1nccc2c(N)ccc(F)c12)c1ccccc1. The molecule has 0 aliphatic carbocycles. The van der Waals surface area contributed by atoms with E-state index in [0.717, 1.165) is 5.56 Å². The van der Waals surface area contributed by atoms with Crippen molar-refractivity contribution in [1.29, 1.82) is 0 Å². The van der Waals surface area contributed by atoms with Gasteiger partial charge in [0.25, 0.3) is 0 Å². The third kappa shape index (κ3) is 2.52. The number of nitrogens with zero attached hydrogens (tertiary/aromatic N) is 1. The topological polar surface area (TPSA) is 50.9 Å². The van der Waals surface area contributed by atoms with Crippen molar-refractivity contribution < 1.29 is 4.39 Å². The first kappa shape index (κ1) is 13.4. The molecule has 4 heteroatoms. The Hall–Kier alpha value is -2.62. The van der Waals surface area contributed by atoms with Crippen LogP contribution in [-0.4, -0.2) is 4.98 Å². The van der Waals surface area contributed by atoms with Crippen LogP contribution in [0, 0.1) is 5.82 Å². The standard InChI is InChI=1S/C17H16FN3/c1-11(12-5-3-2-4-6-12)21-17-16-13(9-10-20-17)15(19)8-7-14(16)18/h2-11H,19H2,1H3,(H,20,21). The maximum atomic E-state index is 14.1. The van der Waals surface area contributed by atoms with E-state index >= 15 is 0 Å². The average Bonchev–Trinajstić information content (AvgIpc) is 2.52. The van der Waals surface area contributed by atoms with Crippen LogP contribution < -0.4 is 11.1 Å². The molecule has 1 aromatic heterocycles. The van der Waals surface area contributed by atoms with Crippen molar-refractivity contribution in [3.63, 3.8) is 0 Å². The van der Waals surface area contributed by atoms with Gasteiger partial charge in [0.15, 0.2) is 0 Å². The van der Waals surface area contributed by atoms with Crippen LogP contribution in [0.1, 0.15) is 18.5 Å². The van der Waals surface area contributed by atoms with Crippen molar-refractivity contribution >= 4 is 22.3 Å². The number of rotatable bonds is 3. The highest BCUT2D eigenvalue weighted by Crippen LogP contribution is 2.30. The van der Waals surface area contributed by atoms with Crippen molar-refractivity contribution in [3.8, 4) is 0 Å². The van der Waals surface area contributed by atoms with E-state index < -0.39 is 0 Å². The van der Waals surface area contributed by atoms with Gasteiger partial charge in [-0.05, 0) is 30.7 Å². The predicted molar refractivity (Wildman–Crippen MR) is 84.6 cm³/mol. The summed E-state index contributed by atoms with van der Waals surface area (Å²) in [6, 6.07) is 14.6. The molecule has 3 aromatic rings. The van der Waals surface area contributed by atoms with Crippen LogP contribution in [0.2, 0.25) is 0 Å². The molecule has 106 valence electrons. The van der Waals surface area contributed by atoms with E-state index in [1.807, 2.05) is 37.3 Å². The normalized spacial score (nSPS) is 12.3. The molecule has 3 rings (SSSR count). The first-order valence-corrected chi connectivity index (χ1v) is 6.81. The first-order valence-electron chi connectivity index (χ1n) is 6.81. The van der Waals surface area contributed by atoms with E-state index in [4.69, 9.17) is 5.73 Å². The van der Waals surface area contributed by atoms with Gasteiger partial charge in [-0.2, -0.15) is 0 Å². The number of hydrogen-bond donors (Lipinski definition) is 2. The Morgan fingerprint density at radius 3 is 2.62 bits per heavy atom. The van der Waals surface area contributed by atoms with Crippen molar-refractivity contribution in [1.82, 2.24) is 4.98 Å². The largest absolute Gasteiger partial charge is 0.398 e. The van der Waals surface area contributed by atoms with Crippen LogP contribution in [0.4, 0.5) is 15.9 Å². The van der Waals surface area contributed by atoms with Crippen molar-refractivity contribution in [2.75, 3.05) is 11.1 Å². The zero-order valence-corrected chi connectivity index (χ0v) is 11.7. The van der Waals surface area contributed by atoms with Gasteiger partial charge in [0.2, 0.25) is 0 Å². The predicted octanol–water partition coefficient (Wildman–Crippen LogP) is 4.13. The van der Waals surface area contributed by atoms with Crippen LogP contribution in [0.15, 0.2) is 54.7 Å². The Balaban J connectivity index is 2.03. The highest BCUT2D eigenvalue weighted by atomic mass is 19.1. The number of nitrogens with two attached hydrogens (primary N) is 1. The lowest BCUT2D eigenvalue weighted by molar-refractivity contribution is 0.639. The van der Waals surface area contributed by atoms with Crippen LogP contribution >= 0.6 is 0 Å². The summed E-state index contributed by atoms with van der Waals surface area (Å²) in [5.74, 6) is 0.184. The summed E-state index contributed by atoms with van der Waals surface area (Å²) in [7, 11) is 0. The summed E-state index contributed by atoms with van der Waals surface area (Å²) in [4.78, 5) is 4.27. The smallest absolute Gasteiger partial charge is 0.137 e. The summed E-state index contributed by atoms with van der Waals surface area (Å²) in [6.45, 7) is 2.01. The fourth-order valence-corrected chi connectivity index (χ4v) is 2.42. The number of benzene rings is 2. The molecule has 3 N–H and O–H groups in total. The molecule has 0 aliphatic heterocycles. The van der Waals surface area contributed by atoms with E-state index in [0.29, 0.717) is 22.3 Å². The van der Waals surface area contributed by atoms with E-state index in [1.165, 1.54) is 6.07 Å². The lowest BCUT2D eigenvalue weighted by Gasteiger charge is -2.17. The molecule has 0 saturated carbocycles. The van der Waals surface area contributed by atoms with Crippen molar-refractivity contribution in [2.24, 2.45) is 0 Å². The van der Waals surface area contributed by atoms with Crippen molar-refractivity contribution in [2.45, 2.75) is 13.0 Å². The van der Waals surface area contributed by atoms with Gasteiger partial charge in [-0.25, -0.2) is 9.37 Å². The Bertz CT molecular complexity index is 772. The number of hydrogen-bond acceptors (Lipinski definition) is 3. The molecule has 3 nitrogen and oxygen atoms in total. The Labute approximate surface area is 122 Å². The zero-order chi connectivity index (χ0) is 14.8. The fraction of sp³-hybridized carbons (Fsp3) is 0.118. The lowest BCUT2D eigenvalue weighted by Crippen LogP contribution is -2.08. The number of anilines is 2. The first-order chi connectivity index (χ1) is 10.2. The maximum Gasteiger partial charge on any atom is 0.137 e. The second-order valence-electron chi connectivity index (χ2n) is 5.00. The minimum atomic E-state index is -0.324. The molecule has 1 unspecified atom stereocenters. The summed E-state index contributed by atoms with van der Waals surface area (Å²) in [5, 5.41) is 4.37. The maximum absolute atomic E-state index is 14.1. The molecule has 0 amide bonds. The molecular weight excluding hydrogens is 265 g/mol. The fourth-order valence-electron chi connectivity index (χ4n) is 2.42. The van der Waals surface area contributed by atoms with E-state index in [2.05, 4.69) is 10.3 Å². The van der Waals surface area contributed by atoms with E-state index in [9.17, 15) is 4.39 Å². The quantitative estimate of drug-likeness (QED) is 0.710. The molecule has 0 radical (unpaired) electrons. The Morgan fingerprint density at radius 1 is 1.10 bits per heavy atom. The molecule has 1 heterocycles. The average molecular weight is 281 g/mol. The minimum absolute atomic E-state index is 0.0186. The van der Waals surface area contributed by atoms with Gasteiger partial charge in [0.1, 0.15) is 11.6 Å². The van der Waals surface area contributed by atoms with E-state index in [-0.39, 0.29) is 11.9 Å². The lowest BCUT2D eigenvalue weighted by atomic mass is 10.1. The number of nitrogen functional groups attached to an aromatic ring is 1. The van der Waals surface area contributed by atoms with Gasteiger partial charge < -0.3 is 11.1 Å². The highest BCUT2D eigenvalue weighted by Gasteiger charge is 2.12. The van der Waals surface area contributed by atoms with Crippen LogP contribution in [0.25, 0.3) is 10.8 Å². The molecule has 0 aliphatic rings. The monoisotopic (exact) mass is 281 g/mol. The highest BCUT2D eigenvalue weighted by molar-refractivity contribution is 5.99. The summed E-state index contributed by atoms with van der Waals surface area (Å²) in [6.07, 6.45) is 1.64. The van der Waals surface area contributed by atoms with Gasteiger partial charge in [-0.3, -0.25) is 0 Å². The van der Waals surface area contributed by atoms with Gasteiger partial charge in [-0.1, -0.05) is 30.3 Å². The van der Waals surface area contributed by atoms with Crippen molar-refractivity contribution in [3.05, 3.63) is 66.1 Å². The Morgan fingerprint density at radius 2 is 1.86 bits per heavy atom. The molecule has 0 spiro atoms. The second kappa shape index (κ2) is 5.40. The number of halogens is 1. The molecular formula is C17H16FN3. The van der Waals surface area contributed by atoms with E-state index in [1.54, 1.807) is 18.3 Å². The van der Waals surface area contributed by atoms with Gasteiger partial charge in [0.05, 0.1) is 5.39 Å². The molecule has 21 heavy (non-hydrogen) atoms. The molecule has 0 saturated heterocycles. The third-order valence-electron chi connectivity index (χ3n) is 3.56. The number of pyridine rings is 1. The van der Waals surface area contributed by atoms with Gasteiger partial charge >= 0.3 is 0 Å². The Kier molecular flexibility index (Phi) is 3.44. The molecule has 0 fully saturated rings. The van der Waals surface area contributed by atoms with Gasteiger partial charge in [-0.15, -0.1) is 0 Å². The molecule has 0 bridgehead atoms. The molecule has 1 atom stereocenters. The number of fused-ring (bicyclic) bond motifs is 1. The van der Waals surface area contributed by atoms with Crippen LogP contribution in [0.3, 0.4) is 0 Å².